The number of aromatic nitrogens is 1. The monoisotopic (exact) mass is 322 g/mol. The summed E-state index contributed by atoms with van der Waals surface area (Å²) >= 11 is 1.60. The van der Waals surface area contributed by atoms with Gasteiger partial charge in [-0.1, -0.05) is 0 Å². The summed E-state index contributed by atoms with van der Waals surface area (Å²) in [6.45, 7) is 3.42. The molecular formula is C12H22N2O4S2. The molecule has 1 heterocycles. The maximum absolute atomic E-state index is 10.9. The summed E-state index contributed by atoms with van der Waals surface area (Å²) in [5.41, 5.74) is 2.84. The number of thiazole rings is 1. The highest BCUT2D eigenvalue weighted by Crippen LogP contribution is 2.12. The molecule has 0 amide bonds. The largest absolute Gasteiger partial charge is 0.389 e. The second-order valence-electron chi connectivity index (χ2n) is 4.67. The molecule has 2 N–H and O–H groups in total. The van der Waals surface area contributed by atoms with Crippen LogP contribution in [0.25, 0.3) is 0 Å². The molecule has 1 unspecified atom stereocenters. The van der Waals surface area contributed by atoms with Crippen LogP contribution < -0.4 is 5.32 Å². The summed E-state index contributed by atoms with van der Waals surface area (Å²) in [6.07, 6.45) is 1.36. The van der Waals surface area contributed by atoms with E-state index >= 15 is 0 Å². The zero-order valence-electron chi connectivity index (χ0n) is 11.8. The lowest BCUT2D eigenvalue weighted by Gasteiger charge is -2.12. The maximum atomic E-state index is 10.9. The molecule has 8 heteroatoms. The summed E-state index contributed by atoms with van der Waals surface area (Å²) in [6, 6.07) is 0. The maximum Gasteiger partial charge on any atom is 0.148 e. The topological polar surface area (TPSA) is 88.5 Å². The van der Waals surface area contributed by atoms with E-state index in [0.29, 0.717) is 19.7 Å². The van der Waals surface area contributed by atoms with E-state index in [1.54, 1.807) is 11.3 Å². The predicted molar refractivity (Wildman–Crippen MR) is 80.0 cm³/mol. The van der Waals surface area contributed by atoms with Crippen molar-refractivity contribution in [1.82, 2.24) is 10.3 Å². The van der Waals surface area contributed by atoms with E-state index in [9.17, 15) is 13.5 Å². The van der Waals surface area contributed by atoms with Crippen LogP contribution >= 0.6 is 11.3 Å². The number of hydrogen-bond donors (Lipinski definition) is 2. The minimum absolute atomic E-state index is 0.0746. The quantitative estimate of drug-likeness (QED) is 0.590. The molecule has 0 fully saturated rings. The lowest BCUT2D eigenvalue weighted by atomic mass is 10.3. The second-order valence-corrected chi connectivity index (χ2v) is 7.87. The van der Waals surface area contributed by atoms with E-state index in [1.165, 1.54) is 11.1 Å². The molecule has 0 saturated carbocycles. The Morgan fingerprint density at radius 2 is 2.30 bits per heavy atom. The molecule has 6 nitrogen and oxygen atoms in total. The van der Waals surface area contributed by atoms with Crippen molar-refractivity contribution in [1.29, 1.82) is 0 Å². The van der Waals surface area contributed by atoms with Crippen LogP contribution in [-0.4, -0.2) is 62.9 Å². The second kappa shape index (κ2) is 8.68. The van der Waals surface area contributed by atoms with Crippen LogP contribution in [-0.2, 0) is 21.0 Å². The molecule has 20 heavy (non-hydrogen) atoms. The van der Waals surface area contributed by atoms with Crippen LogP contribution in [0.1, 0.15) is 10.6 Å². The predicted octanol–water partition coefficient (Wildman–Crippen LogP) is 0.00572. The molecule has 1 rings (SSSR count). The molecule has 1 aromatic rings. The summed E-state index contributed by atoms with van der Waals surface area (Å²) in [7, 11) is -2.95. The molecule has 0 aliphatic carbocycles. The third kappa shape index (κ3) is 7.91. The molecule has 0 radical (unpaired) electrons. The SMILES string of the molecule is Cc1ncsc1CCOCC(O)CNCCS(C)(=O)=O. The first-order valence-electron chi connectivity index (χ1n) is 6.41. The number of aliphatic hydroxyl groups is 1. The van der Waals surface area contributed by atoms with Crippen molar-refractivity contribution >= 4 is 21.2 Å². The van der Waals surface area contributed by atoms with Crippen LogP contribution in [0.3, 0.4) is 0 Å². The molecular weight excluding hydrogens is 300 g/mol. The van der Waals surface area contributed by atoms with Gasteiger partial charge in [0.1, 0.15) is 9.84 Å². The van der Waals surface area contributed by atoms with E-state index in [1.807, 2.05) is 12.4 Å². The van der Waals surface area contributed by atoms with Gasteiger partial charge in [0.2, 0.25) is 0 Å². The third-order valence-corrected chi connectivity index (χ3v) is 4.60. The number of aliphatic hydroxyl groups excluding tert-OH is 1. The molecule has 0 spiro atoms. The highest BCUT2D eigenvalue weighted by Gasteiger charge is 2.06. The van der Waals surface area contributed by atoms with Gasteiger partial charge in [-0.3, -0.25) is 0 Å². The third-order valence-electron chi connectivity index (χ3n) is 2.66. The van der Waals surface area contributed by atoms with Gasteiger partial charge in [0, 0.05) is 30.6 Å². The number of ether oxygens (including phenoxy) is 1. The number of nitrogens with zero attached hydrogens (tertiary/aromatic N) is 1. The van der Waals surface area contributed by atoms with E-state index < -0.39 is 15.9 Å². The molecule has 1 atom stereocenters. The fourth-order valence-electron chi connectivity index (χ4n) is 1.54. The summed E-state index contributed by atoms with van der Waals surface area (Å²) in [5, 5.41) is 12.5. The number of rotatable bonds is 10. The van der Waals surface area contributed by atoms with Crippen molar-refractivity contribution in [3.8, 4) is 0 Å². The fraction of sp³-hybridized carbons (Fsp3) is 0.750. The Hall–Kier alpha value is -0.540. The highest BCUT2D eigenvalue weighted by molar-refractivity contribution is 7.90. The van der Waals surface area contributed by atoms with Crippen molar-refractivity contribution in [3.63, 3.8) is 0 Å². The Morgan fingerprint density at radius 1 is 1.55 bits per heavy atom. The molecule has 0 bridgehead atoms. The van der Waals surface area contributed by atoms with Gasteiger partial charge in [0.15, 0.2) is 0 Å². The van der Waals surface area contributed by atoms with Gasteiger partial charge < -0.3 is 15.2 Å². The zero-order chi connectivity index (χ0) is 15.0. The minimum atomic E-state index is -2.95. The number of nitrogens with one attached hydrogen (secondary N) is 1. The van der Waals surface area contributed by atoms with Crippen molar-refractivity contribution in [2.24, 2.45) is 0 Å². The first-order chi connectivity index (χ1) is 9.38. The van der Waals surface area contributed by atoms with Gasteiger partial charge in [0.05, 0.1) is 36.3 Å². The van der Waals surface area contributed by atoms with Crippen LogP contribution in [0.15, 0.2) is 5.51 Å². The van der Waals surface area contributed by atoms with Gasteiger partial charge in [-0.05, 0) is 6.92 Å². The van der Waals surface area contributed by atoms with Crippen LogP contribution in [0.5, 0.6) is 0 Å². The molecule has 116 valence electrons. The van der Waals surface area contributed by atoms with Crippen LogP contribution in [0.4, 0.5) is 0 Å². The van der Waals surface area contributed by atoms with Crippen molar-refractivity contribution in [2.45, 2.75) is 19.4 Å². The van der Waals surface area contributed by atoms with E-state index in [0.717, 1.165) is 12.1 Å². The Kier molecular flexibility index (Phi) is 7.60. The molecule has 0 aliphatic heterocycles. The molecule has 1 aromatic heterocycles. The van der Waals surface area contributed by atoms with Crippen molar-refractivity contribution in [3.05, 3.63) is 16.1 Å². The van der Waals surface area contributed by atoms with Crippen molar-refractivity contribution < 1.29 is 18.3 Å². The van der Waals surface area contributed by atoms with Gasteiger partial charge in [-0.2, -0.15) is 0 Å². The Balaban J connectivity index is 2.03. The fourth-order valence-corrected chi connectivity index (χ4v) is 2.81. The first kappa shape index (κ1) is 17.5. The Bertz CT molecular complexity index is 487. The minimum Gasteiger partial charge on any atom is -0.389 e. The lowest BCUT2D eigenvalue weighted by molar-refractivity contribution is 0.0388. The van der Waals surface area contributed by atoms with Crippen LogP contribution in [0.2, 0.25) is 0 Å². The normalized spacial score (nSPS) is 13.6. The zero-order valence-corrected chi connectivity index (χ0v) is 13.5. The Morgan fingerprint density at radius 3 is 2.90 bits per heavy atom. The smallest absolute Gasteiger partial charge is 0.148 e. The number of aryl methyl sites for hydroxylation is 1. The summed E-state index contributed by atoms with van der Waals surface area (Å²) in [4.78, 5) is 5.35. The average molecular weight is 322 g/mol. The summed E-state index contributed by atoms with van der Waals surface area (Å²) in [5.74, 6) is 0.0746. The van der Waals surface area contributed by atoms with Gasteiger partial charge in [-0.25, -0.2) is 13.4 Å². The molecule has 0 aromatic carbocycles. The van der Waals surface area contributed by atoms with E-state index in [4.69, 9.17) is 4.74 Å². The van der Waals surface area contributed by atoms with E-state index in [-0.39, 0.29) is 12.4 Å². The number of sulfone groups is 1. The number of hydrogen-bond acceptors (Lipinski definition) is 7. The van der Waals surface area contributed by atoms with Crippen LogP contribution in [0, 0.1) is 6.92 Å². The average Bonchev–Trinajstić information content (AvgIpc) is 2.75. The highest BCUT2D eigenvalue weighted by atomic mass is 32.2. The van der Waals surface area contributed by atoms with Gasteiger partial charge in [0.25, 0.3) is 0 Å². The van der Waals surface area contributed by atoms with E-state index in [2.05, 4.69) is 10.3 Å². The molecule has 0 saturated heterocycles. The Labute approximate surface area is 124 Å². The summed E-state index contributed by atoms with van der Waals surface area (Å²) < 4.78 is 27.2. The van der Waals surface area contributed by atoms with Gasteiger partial charge in [-0.15, -0.1) is 11.3 Å². The molecule has 0 aliphatic rings. The first-order valence-corrected chi connectivity index (χ1v) is 9.35. The standard InChI is InChI=1S/C12H22N2O4S2/c1-10-12(19-9-14-10)3-5-18-8-11(15)7-13-4-6-20(2,16)17/h9,11,13,15H,3-8H2,1-2H3. The van der Waals surface area contributed by atoms with Crippen molar-refractivity contribution in [2.75, 3.05) is 38.3 Å². The van der Waals surface area contributed by atoms with Gasteiger partial charge >= 0.3 is 0 Å². The lowest BCUT2D eigenvalue weighted by Crippen LogP contribution is -2.33.